The van der Waals surface area contributed by atoms with Crippen molar-refractivity contribution in [1.82, 2.24) is 37.2 Å². The summed E-state index contributed by atoms with van der Waals surface area (Å²) in [5.41, 5.74) is 2.70. The number of carboxylic acids is 1. The van der Waals surface area contributed by atoms with E-state index >= 15 is 0 Å². The molecule has 0 spiro atoms. The van der Waals surface area contributed by atoms with E-state index in [4.69, 9.17) is 5.73 Å². The van der Waals surface area contributed by atoms with Crippen molar-refractivity contribution >= 4 is 46.2 Å². The standard InChI is InChI=1S/C51H70N8O10/c1-29(53-45(67)49(5,6)59-42(63)38(55-44(66)48(3,4)52)28-32-22-23-33-16-14-15-19-36(33)26-32)40(61)57-51(9,10)47(69)56-37(41(62)58-50(7,8)46(68)54-30(2)43(64)65)27-31-20-24-35(25-21-31)39(60)34-17-12-11-13-18-34/h11-26,29-30,37-38,45-47,53-54,56,67-69H,27-28,52H2,1-10H3,(H,55,66)(H,57,61)(H,58,62)(H,59,63)(H,64,65)/t29?,30?,37?,38?,45-,46-,47-/m1/s1. The molecule has 18 nitrogen and oxygen atoms in total. The minimum absolute atomic E-state index is 0.0421. The monoisotopic (exact) mass is 955 g/mol. The van der Waals surface area contributed by atoms with E-state index in [0.29, 0.717) is 16.7 Å². The molecule has 0 saturated heterocycles. The Hall–Kier alpha value is -6.12. The van der Waals surface area contributed by atoms with E-state index in [9.17, 15) is 49.2 Å². The number of nitrogens with one attached hydrogen (secondary N) is 7. The number of carbonyl (C=O) groups is 6. The average molecular weight is 955 g/mol. The van der Waals surface area contributed by atoms with Crippen molar-refractivity contribution in [1.29, 1.82) is 0 Å². The number of hydrogen-bond donors (Lipinski definition) is 12. The molecule has 4 aromatic carbocycles. The van der Waals surface area contributed by atoms with E-state index in [1.807, 2.05) is 42.5 Å². The lowest BCUT2D eigenvalue weighted by molar-refractivity contribution is -0.140. The molecule has 7 atom stereocenters. The molecule has 0 aromatic heterocycles. The van der Waals surface area contributed by atoms with Gasteiger partial charge in [-0.15, -0.1) is 0 Å². The summed E-state index contributed by atoms with van der Waals surface area (Å²) in [7, 11) is 0. The van der Waals surface area contributed by atoms with Gasteiger partial charge >= 0.3 is 5.97 Å². The number of hydrogen-bond acceptors (Lipinski definition) is 13. The maximum Gasteiger partial charge on any atom is 0.320 e. The molecule has 4 amide bonds. The summed E-state index contributed by atoms with van der Waals surface area (Å²) in [5.74, 6) is -3.96. The zero-order chi connectivity index (χ0) is 51.6. The lowest BCUT2D eigenvalue weighted by Crippen LogP contribution is -2.67. The fourth-order valence-corrected chi connectivity index (χ4v) is 7.04. The van der Waals surface area contributed by atoms with Gasteiger partial charge in [-0.25, -0.2) is 0 Å². The van der Waals surface area contributed by atoms with Gasteiger partial charge in [0.15, 0.2) is 5.78 Å². The quantitative estimate of drug-likeness (QED) is 0.0352. The summed E-state index contributed by atoms with van der Waals surface area (Å²) in [5, 5.41) is 64.4. The number of benzene rings is 4. The fourth-order valence-electron chi connectivity index (χ4n) is 7.04. The molecule has 0 fully saturated rings. The SMILES string of the molecule is CC(N[C@H](O)C(C)(C)NC(=O)C(Cc1ccc(C(=O)c2ccccc2)cc1)N[C@H](O)C(C)(C)NC(=O)C(C)N[C@H](O)C(C)(C)NC(=O)C(Cc1ccc2ccccc2c1)NC(=O)C(C)(C)N)C(=O)O. The molecule has 0 bridgehead atoms. The predicted octanol–water partition coefficient (Wildman–Crippen LogP) is 1.72. The Morgan fingerprint density at radius 2 is 0.957 bits per heavy atom. The first-order valence-electron chi connectivity index (χ1n) is 22.8. The summed E-state index contributed by atoms with van der Waals surface area (Å²) in [6, 6.07) is 24.1. The second-order valence-corrected chi connectivity index (χ2v) is 19.9. The Kier molecular flexibility index (Phi) is 18.5. The summed E-state index contributed by atoms with van der Waals surface area (Å²) in [6.45, 7) is 14.9. The molecule has 13 N–H and O–H groups in total. The molecule has 374 valence electrons. The maximum absolute atomic E-state index is 14.0. The average Bonchev–Trinajstić information content (AvgIpc) is 3.27. The third kappa shape index (κ3) is 15.7. The van der Waals surface area contributed by atoms with Crippen LogP contribution < -0.4 is 43.0 Å². The number of aliphatic carboxylic acids is 1. The van der Waals surface area contributed by atoms with Crippen molar-refractivity contribution in [3.8, 4) is 0 Å². The molecule has 0 aliphatic carbocycles. The van der Waals surface area contributed by atoms with Gasteiger partial charge in [0, 0.05) is 17.5 Å². The Balaban J connectivity index is 1.47. The van der Waals surface area contributed by atoms with Crippen LogP contribution in [0, 0.1) is 0 Å². The minimum Gasteiger partial charge on any atom is -0.480 e. The van der Waals surface area contributed by atoms with Gasteiger partial charge in [-0.1, -0.05) is 97.1 Å². The highest BCUT2D eigenvalue weighted by molar-refractivity contribution is 6.09. The van der Waals surface area contributed by atoms with E-state index in [0.717, 1.165) is 16.3 Å². The number of aliphatic hydroxyl groups excluding tert-OH is 3. The molecule has 69 heavy (non-hydrogen) atoms. The van der Waals surface area contributed by atoms with E-state index < -0.39 is 94.6 Å². The third-order valence-corrected chi connectivity index (χ3v) is 11.8. The van der Waals surface area contributed by atoms with E-state index in [1.165, 1.54) is 69.2 Å². The first kappa shape index (κ1) is 55.5. The summed E-state index contributed by atoms with van der Waals surface area (Å²) < 4.78 is 0. The van der Waals surface area contributed by atoms with Crippen LogP contribution in [0.2, 0.25) is 0 Å². The van der Waals surface area contributed by atoms with Crippen LogP contribution in [0.25, 0.3) is 10.8 Å². The smallest absolute Gasteiger partial charge is 0.320 e. The van der Waals surface area contributed by atoms with Crippen LogP contribution in [0.15, 0.2) is 97.1 Å². The lowest BCUT2D eigenvalue weighted by Gasteiger charge is -2.38. The van der Waals surface area contributed by atoms with E-state index in [1.54, 1.807) is 54.6 Å². The van der Waals surface area contributed by atoms with Crippen molar-refractivity contribution in [3.63, 3.8) is 0 Å². The van der Waals surface area contributed by atoms with Gasteiger partial charge in [0.05, 0.1) is 34.2 Å². The zero-order valence-electron chi connectivity index (χ0n) is 41.0. The molecule has 4 rings (SSSR count). The van der Waals surface area contributed by atoms with Crippen molar-refractivity contribution < 1.29 is 49.2 Å². The molecule has 0 saturated carbocycles. The van der Waals surface area contributed by atoms with Gasteiger partial charge in [0.1, 0.15) is 30.8 Å². The Morgan fingerprint density at radius 1 is 0.522 bits per heavy atom. The van der Waals surface area contributed by atoms with Gasteiger partial charge in [0.2, 0.25) is 23.6 Å². The molecule has 0 aliphatic heterocycles. The van der Waals surface area contributed by atoms with Crippen molar-refractivity contribution in [2.24, 2.45) is 5.73 Å². The van der Waals surface area contributed by atoms with Gasteiger partial charge in [-0.2, -0.15) is 0 Å². The molecular weight excluding hydrogens is 885 g/mol. The fraction of sp³-hybridized carbons (Fsp3) is 0.451. The number of carbonyl (C=O) groups excluding carboxylic acids is 5. The highest BCUT2D eigenvalue weighted by Gasteiger charge is 2.40. The Labute approximate surface area is 403 Å². The van der Waals surface area contributed by atoms with Crippen molar-refractivity contribution in [2.75, 3.05) is 0 Å². The van der Waals surface area contributed by atoms with Crippen molar-refractivity contribution in [2.45, 2.75) is 147 Å². The lowest BCUT2D eigenvalue weighted by atomic mass is 9.96. The third-order valence-electron chi connectivity index (χ3n) is 11.8. The number of carboxylic acid groups (broad SMARTS) is 1. The van der Waals surface area contributed by atoms with Crippen molar-refractivity contribution in [3.05, 3.63) is 119 Å². The molecule has 0 aliphatic rings. The number of amides is 4. The number of rotatable bonds is 24. The Morgan fingerprint density at radius 3 is 1.49 bits per heavy atom. The predicted molar refractivity (Wildman–Crippen MR) is 262 cm³/mol. The second kappa shape index (κ2) is 23.0. The minimum atomic E-state index is -1.60. The molecule has 0 heterocycles. The highest BCUT2D eigenvalue weighted by atomic mass is 16.4. The van der Waals surface area contributed by atoms with Crippen LogP contribution in [0.3, 0.4) is 0 Å². The van der Waals surface area contributed by atoms with Crippen LogP contribution in [0.1, 0.15) is 96.3 Å². The topological polar surface area (TPSA) is 294 Å². The summed E-state index contributed by atoms with van der Waals surface area (Å²) in [4.78, 5) is 79.2. The Bertz CT molecular complexity index is 2440. The first-order chi connectivity index (χ1) is 32.0. The zero-order valence-corrected chi connectivity index (χ0v) is 41.0. The van der Waals surface area contributed by atoms with E-state index in [2.05, 4.69) is 37.2 Å². The highest BCUT2D eigenvalue weighted by Crippen LogP contribution is 2.20. The number of ketones is 1. The van der Waals surface area contributed by atoms with Gasteiger partial charge in [0.25, 0.3) is 0 Å². The summed E-state index contributed by atoms with van der Waals surface area (Å²) >= 11 is 0. The molecular formula is C51H70N8O10. The largest absolute Gasteiger partial charge is 0.480 e. The first-order valence-corrected chi connectivity index (χ1v) is 22.8. The normalized spacial score (nSPS) is 15.4. The van der Waals surface area contributed by atoms with Crippen LogP contribution in [0.5, 0.6) is 0 Å². The second-order valence-electron chi connectivity index (χ2n) is 19.9. The number of aliphatic hydroxyl groups is 3. The van der Waals surface area contributed by atoms with Gasteiger partial charge in [-0.3, -0.25) is 44.7 Å². The molecule has 0 radical (unpaired) electrons. The summed E-state index contributed by atoms with van der Waals surface area (Å²) in [6.07, 6.45) is -4.57. The van der Waals surface area contributed by atoms with Gasteiger partial charge in [-0.05, 0) is 97.6 Å². The molecule has 4 unspecified atom stereocenters. The van der Waals surface area contributed by atoms with Crippen LogP contribution in [0.4, 0.5) is 0 Å². The van der Waals surface area contributed by atoms with Crippen LogP contribution in [-0.2, 0) is 36.8 Å². The van der Waals surface area contributed by atoms with Gasteiger partial charge < -0.3 is 47.4 Å². The van der Waals surface area contributed by atoms with Crippen LogP contribution >= 0.6 is 0 Å². The molecule has 18 heteroatoms. The van der Waals surface area contributed by atoms with E-state index in [-0.39, 0.29) is 18.6 Å². The van der Waals surface area contributed by atoms with Crippen LogP contribution in [-0.4, -0.2) is 121 Å². The molecule has 4 aromatic rings. The number of fused-ring (bicyclic) bond motifs is 1. The number of nitrogens with two attached hydrogens (primary N) is 1. The maximum atomic E-state index is 14.0.